The van der Waals surface area contributed by atoms with Gasteiger partial charge in [-0.1, -0.05) is 19.3 Å². The number of nitro groups is 1. The van der Waals surface area contributed by atoms with Gasteiger partial charge in [0, 0.05) is 24.8 Å². The number of rotatable bonds is 3. The number of hydrogen-bond donors (Lipinski definition) is 1. The molecule has 2 rings (SSSR count). The molecule has 8 heteroatoms. The van der Waals surface area contributed by atoms with Crippen LogP contribution in [0.3, 0.4) is 0 Å². The van der Waals surface area contributed by atoms with Gasteiger partial charge in [-0.3, -0.25) is 10.1 Å². The zero-order valence-corrected chi connectivity index (χ0v) is 12.5. The molecule has 1 heterocycles. The summed E-state index contributed by atoms with van der Waals surface area (Å²) in [6.07, 6.45) is 4.63. The molecule has 1 fully saturated rings. The molecule has 0 aliphatic carbocycles. The van der Waals surface area contributed by atoms with Crippen LogP contribution in [0.15, 0.2) is 23.1 Å². The second-order valence-corrected chi connectivity index (χ2v) is 7.06. The number of hydrogen-bond acceptors (Lipinski definition) is 5. The first kappa shape index (κ1) is 15.7. The Morgan fingerprint density at radius 3 is 2.24 bits per heavy atom. The van der Waals surface area contributed by atoms with Crippen LogP contribution in [0.1, 0.15) is 32.1 Å². The van der Waals surface area contributed by atoms with Gasteiger partial charge in [0.1, 0.15) is 0 Å². The predicted octanol–water partition coefficient (Wildman–Crippen LogP) is 2.13. The Bertz CT molecular complexity index is 622. The van der Waals surface area contributed by atoms with Crippen LogP contribution in [0.25, 0.3) is 0 Å². The van der Waals surface area contributed by atoms with E-state index in [-0.39, 0.29) is 10.6 Å². The fourth-order valence-corrected chi connectivity index (χ4v) is 4.15. The van der Waals surface area contributed by atoms with E-state index in [1.165, 1.54) is 16.4 Å². The fourth-order valence-electron chi connectivity index (χ4n) is 2.49. The number of nitrogens with two attached hydrogens (primary N) is 1. The summed E-state index contributed by atoms with van der Waals surface area (Å²) >= 11 is 0. The molecule has 0 radical (unpaired) electrons. The molecular weight excluding hydrogens is 294 g/mol. The van der Waals surface area contributed by atoms with Crippen molar-refractivity contribution in [3.63, 3.8) is 0 Å². The van der Waals surface area contributed by atoms with Crippen LogP contribution < -0.4 is 5.73 Å². The van der Waals surface area contributed by atoms with E-state index < -0.39 is 20.6 Å². The van der Waals surface area contributed by atoms with Crippen molar-refractivity contribution in [2.75, 3.05) is 18.8 Å². The van der Waals surface area contributed by atoms with Gasteiger partial charge < -0.3 is 5.73 Å². The topological polar surface area (TPSA) is 107 Å². The number of anilines is 1. The third kappa shape index (κ3) is 3.51. The molecule has 0 amide bonds. The molecule has 2 N–H and O–H groups in total. The van der Waals surface area contributed by atoms with Gasteiger partial charge in [-0.05, 0) is 25.0 Å². The smallest absolute Gasteiger partial charge is 0.291 e. The van der Waals surface area contributed by atoms with Crippen LogP contribution in [0.5, 0.6) is 0 Å². The van der Waals surface area contributed by atoms with Crippen molar-refractivity contribution in [1.29, 1.82) is 0 Å². The van der Waals surface area contributed by atoms with E-state index in [2.05, 4.69) is 0 Å². The quantitative estimate of drug-likeness (QED) is 0.522. The molecule has 21 heavy (non-hydrogen) atoms. The van der Waals surface area contributed by atoms with Gasteiger partial charge in [-0.25, -0.2) is 8.42 Å². The van der Waals surface area contributed by atoms with Crippen LogP contribution in [-0.2, 0) is 10.0 Å². The summed E-state index contributed by atoms with van der Waals surface area (Å²) in [5.74, 6) is 0. The molecule has 0 atom stereocenters. The first-order chi connectivity index (χ1) is 9.93. The summed E-state index contributed by atoms with van der Waals surface area (Å²) < 4.78 is 26.7. The van der Waals surface area contributed by atoms with E-state index in [1.54, 1.807) is 0 Å². The molecule has 0 bridgehead atoms. The summed E-state index contributed by atoms with van der Waals surface area (Å²) in [6, 6.07) is 3.70. The van der Waals surface area contributed by atoms with Crippen molar-refractivity contribution in [1.82, 2.24) is 4.31 Å². The fraction of sp³-hybridized carbons (Fsp3) is 0.538. The minimum Gasteiger partial charge on any atom is -0.399 e. The van der Waals surface area contributed by atoms with Crippen molar-refractivity contribution in [2.24, 2.45) is 0 Å². The van der Waals surface area contributed by atoms with Crippen LogP contribution in [-0.4, -0.2) is 30.7 Å². The van der Waals surface area contributed by atoms with Gasteiger partial charge >= 0.3 is 0 Å². The standard InChI is InChI=1S/C13H19N3O4S/c14-11-6-7-13(12(10-11)16(17)18)21(19,20)15-8-4-2-1-3-5-9-15/h6-7,10H,1-5,8-9,14H2. The van der Waals surface area contributed by atoms with Crippen molar-refractivity contribution in [3.8, 4) is 0 Å². The summed E-state index contributed by atoms with van der Waals surface area (Å²) in [7, 11) is -3.86. The molecule has 0 unspecified atom stereocenters. The lowest BCUT2D eigenvalue weighted by Crippen LogP contribution is -2.34. The number of sulfonamides is 1. The molecule has 1 aliphatic heterocycles. The monoisotopic (exact) mass is 313 g/mol. The number of nitrogens with zero attached hydrogens (tertiary/aromatic N) is 2. The van der Waals surface area contributed by atoms with Crippen LogP contribution in [0.4, 0.5) is 11.4 Å². The second kappa shape index (κ2) is 6.40. The Morgan fingerprint density at radius 1 is 1.10 bits per heavy atom. The van der Waals surface area contributed by atoms with E-state index >= 15 is 0 Å². The highest BCUT2D eigenvalue weighted by Crippen LogP contribution is 2.29. The minimum absolute atomic E-state index is 0.174. The average Bonchev–Trinajstić information content (AvgIpc) is 2.37. The third-order valence-corrected chi connectivity index (χ3v) is 5.56. The summed E-state index contributed by atoms with van der Waals surface area (Å²) in [6.45, 7) is 0.813. The molecule has 116 valence electrons. The van der Waals surface area contributed by atoms with Crippen molar-refractivity contribution < 1.29 is 13.3 Å². The van der Waals surface area contributed by atoms with Gasteiger partial charge in [0.2, 0.25) is 10.0 Å². The van der Waals surface area contributed by atoms with Gasteiger partial charge in [0.15, 0.2) is 4.90 Å². The lowest BCUT2D eigenvalue weighted by Gasteiger charge is -2.24. The van der Waals surface area contributed by atoms with Gasteiger partial charge in [0.25, 0.3) is 5.69 Å². The molecule has 1 aromatic rings. The van der Waals surface area contributed by atoms with Crippen LogP contribution in [0.2, 0.25) is 0 Å². The number of benzene rings is 1. The Labute approximate surface area is 123 Å². The average molecular weight is 313 g/mol. The Kier molecular flexibility index (Phi) is 4.79. The highest BCUT2D eigenvalue weighted by Gasteiger charge is 2.31. The van der Waals surface area contributed by atoms with Crippen molar-refractivity contribution in [2.45, 2.75) is 37.0 Å². The van der Waals surface area contributed by atoms with E-state index in [4.69, 9.17) is 5.73 Å². The minimum atomic E-state index is -3.86. The van der Waals surface area contributed by atoms with Gasteiger partial charge in [-0.15, -0.1) is 0 Å². The molecule has 1 aromatic carbocycles. The molecular formula is C13H19N3O4S. The Morgan fingerprint density at radius 2 is 1.67 bits per heavy atom. The Hall–Kier alpha value is -1.67. The molecule has 0 spiro atoms. The van der Waals surface area contributed by atoms with E-state index in [0.717, 1.165) is 38.2 Å². The maximum Gasteiger partial charge on any atom is 0.291 e. The Balaban J connectivity index is 2.40. The maximum atomic E-state index is 12.7. The first-order valence-corrected chi connectivity index (χ1v) is 8.41. The molecule has 0 aromatic heterocycles. The maximum absolute atomic E-state index is 12.7. The number of nitro benzene ring substituents is 1. The van der Waals surface area contributed by atoms with Gasteiger partial charge in [-0.2, -0.15) is 4.31 Å². The number of nitrogen functional groups attached to an aromatic ring is 1. The van der Waals surface area contributed by atoms with E-state index in [1.807, 2.05) is 0 Å². The lowest BCUT2D eigenvalue weighted by atomic mass is 10.1. The summed E-state index contributed by atoms with van der Waals surface area (Å²) in [4.78, 5) is 10.1. The first-order valence-electron chi connectivity index (χ1n) is 6.97. The highest BCUT2D eigenvalue weighted by molar-refractivity contribution is 7.89. The molecule has 0 saturated carbocycles. The van der Waals surface area contributed by atoms with Crippen LogP contribution >= 0.6 is 0 Å². The highest BCUT2D eigenvalue weighted by atomic mass is 32.2. The van der Waals surface area contributed by atoms with Crippen LogP contribution in [0, 0.1) is 10.1 Å². The van der Waals surface area contributed by atoms with Crippen molar-refractivity contribution in [3.05, 3.63) is 28.3 Å². The van der Waals surface area contributed by atoms with Gasteiger partial charge in [0.05, 0.1) is 4.92 Å². The molecule has 7 nitrogen and oxygen atoms in total. The summed E-state index contributed by atoms with van der Waals surface area (Å²) in [5.41, 5.74) is 5.23. The predicted molar refractivity (Wildman–Crippen MR) is 79.4 cm³/mol. The van der Waals surface area contributed by atoms with E-state index in [0.29, 0.717) is 13.1 Å². The summed E-state index contributed by atoms with van der Waals surface area (Å²) in [5, 5.41) is 11.1. The largest absolute Gasteiger partial charge is 0.399 e. The van der Waals surface area contributed by atoms with E-state index in [9.17, 15) is 18.5 Å². The van der Waals surface area contributed by atoms with Crippen molar-refractivity contribution >= 4 is 21.4 Å². The zero-order valence-electron chi connectivity index (χ0n) is 11.7. The second-order valence-electron chi connectivity index (χ2n) is 5.16. The SMILES string of the molecule is Nc1ccc(S(=O)(=O)N2CCCCCCC2)c([N+](=O)[O-])c1. The zero-order chi connectivity index (χ0) is 15.5. The molecule has 1 aliphatic rings. The normalized spacial score (nSPS) is 17.9. The molecule has 1 saturated heterocycles. The third-order valence-electron chi connectivity index (χ3n) is 3.61. The lowest BCUT2D eigenvalue weighted by molar-refractivity contribution is -0.387.